The first kappa shape index (κ1) is 23.3. The molecule has 0 unspecified atom stereocenters. The van der Waals surface area contributed by atoms with Crippen molar-refractivity contribution in [3.63, 3.8) is 0 Å². The predicted molar refractivity (Wildman–Crippen MR) is 138 cm³/mol. The number of aromatic nitrogens is 2. The fourth-order valence-electron chi connectivity index (χ4n) is 5.41. The van der Waals surface area contributed by atoms with Gasteiger partial charge in [0.25, 0.3) is 5.91 Å². The number of rotatable bonds is 5. The Morgan fingerprint density at radius 2 is 1.80 bits per heavy atom. The number of carbonyl (C=O) groups excluding carboxylic acids is 2. The predicted octanol–water partition coefficient (Wildman–Crippen LogP) is 5.29. The minimum Gasteiger partial charge on any atom is -0.351 e. The van der Waals surface area contributed by atoms with Gasteiger partial charge in [-0.25, -0.2) is 0 Å². The van der Waals surface area contributed by atoms with Gasteiger partial charge in [-0.05, 0) is 56.4 Å². The molecule has 35 heavy (non-hydrogen) atoms. The van der Waals surface area contributed by atoms with Gasteiger partial charge in [0.05, 0.1) is 12.2 Å². The molecule has 182 valence electrons. The first-order chi connectivity index (χ1) is 16.9. The average Bonchev–Trinajstić information content (AvgIpc) is 3.30. The van der Waals surface area contributed by atoms with Crippen LogP contribution in [0.1, 0.15) is 67.6 Å². The summed E-state index contributed by atoms with van der Waals surface area (Å²) in [4.78, 5) is 29.5. The van der Waals surface area contributed by atoms with E-state index in [2.05, 4.69) is 24.4 Å². The molecule has 1 N–H and O–H groups in total. The van der Waals surface area contributed by atoms with Gasteiger partial charge in [0, 0.05) is 17.3 Å². The second-order valence-electron chi connectivity index (χ2n) is 10.1. The molecule has 1 aliphatic carbocycles. The average molecular weight is 471 g/mol. The Balaban J connectivity index is 1.55. The SMILES string of the molecule is CCc1ccc(-c2cc3n(n2)C[C@](C)(C(=O)NC2CCCCC2)N(c2ccccc2C)C3=O)cc1. The summed E-state index contributed by atoms with van der Waals surface area (Å²) < 4.78 is 1.72. The molecular weight excluding hydrogens is 436 g/mol. The first-order valence-corrected chi connectivity index (χ1v) is 12.8. The number of anilines is 1. The van der Waals surface area contributed by atoms with Crippen molar-refractivity contribution in [1.82, 2.24) is 15.1 Å². The Morgan fingerprint density at radius 1 is 1.09 bits per heavy atom. The van der Waals surface area contributed by atoms with Crippen LogP contribution < -0.4 is 10.2 Å². The molecule has 0 spiro atoms. The largest absolute Gasteiger partial charge is 0.351 e. The molecule has 2 aliphatic rings. The summed E-state index contributed by atoms with van der Waals surface area (Å²) >= 11 is 0. The van der Waals surface area contributed by atoms with Crippen molar-refractivity contribution >= 4 is 17.5 Å². The van der Waals surface area contributed by atoms with Gasteiger partial charge in [-0.1, -0.05) is 68.7 Å². The van der Waals surface area contributed by atoms with Crippen molar-refractivity contribution in [3.05, 3.63) is 71.4 Å². The summed E-state index contributed by atoms with van der Waals surface area (Å²) in [5, 5.41) is 8.07. The van der Waals surface area contributed by atoms with Crippen molar-refractivity contribution in [3.8, 4) is 11.3 Å². The molecule has 1 atom stereocenters. The Bertz CT molecular complexity index is 1240. The second-order valence-corrected chi connectivity index (χ2v) is 10.1. The summed E-state index contributed by atoms with van der Waals surface area (Å²) in [6.45, 7) is 6.28. The lowest BCUT2D eigenvalue weighted by Crippen LogP contribution is -2.65. The second kappa shape index (κ2) is 9.33. The first-order valence-electron chi connectivity index (χ1n) is 12.8. The normalized spacial score (nSPS) is 20.5. The summed E-state index contributed by atoms with van der Waals surface area (Å²) in [5.41, 5.74) is 4.10. The lowest BCUT2D eigenvalue weighted by Gasteiger charge is -2.44. The van der Waals surface area contributed by atoms with Gasteiger partial charge in [-0.3, -0.25) is 19.2 Å². The topological polar surface area (TPSA) is 67.2 Å². The van der Waals surface area contributed by atoms with Gasteiger partial charge in [0.15, 0.2) is 0 Å². The summed E-state index contributed by atoms with van der Waals surface area (Å²) in [5.74, 6) is -0.313. The molecular formula is C29H34N4O2. The van der Waals surface area contributed by atoms with Gasteiger partial charge in [0.2, 0.25) is 5.91 Å². The Hall–Kier alpha value is -3.41. The maximum Gasteiger partial charge on any atom is 0.277 e. The number of nitrogens with zero attached hydrogens (tertiary/aromatic N) is 3. The number of aryl methyl sites for hydroxylation is 2. The van der Waals surface area contributed by atoms with Crippen LogP contribution in [0.4, 0.5) is 5.69 Å². The zero-order valence-electron chi connectivity index (χ0n) is 20.9. The molecule has 3 aromatic rings. The van der Waals surface area contributed by atoms with Gasteiger partial charge in [-0.2, -0.15) is 5.10 Å². The number of hydrogen-bond donors (Lipinski definition) is 1. The molecule has 2 amide bonds. The Labute approximate surface area is 207 Å². The van der Waals surface area contributed by atoms with E-state index in [9.17, 15) is 9.59 Å². The highest BCUT2D eigenvalue weighted by Gasteiger charge is 2.49. The number of nitrogens with one attached hydrogen (secondary N) is 1. The minimum atomic E-state index is -1.09. The molecule has 6 nitrogen and oxygen atoms in total. The van der Waals surface area contributed by atoms with Crippen LogP contribution in [0, 0.1) is 6.92 Å². The van der Waals surface area contributed by atoms with Crippen molar-refractivity contribution in [2.75, 3.05) is 4.90 Å². The quantitative estimate of drug-likeness (QED) is 0.551. The molecule has 0 bridgehead atoms. The number of carbonyl (C=O) groups is 2. The number of amides is 2. The van der Waals surface area contributed by atoms with Crippen LogP contribution in [-0.2, 0) is 17.8 Å². The lowest BCUT2D eigenvalue weighted by molar-refractivity contribution is -0.127. The summed E-state index contributed by atoms with van der Waals surface area (Å²) in [7, 11) is 0. The minimum absolute atomic E-state index is 0.115. The molecule has 5 rings (SSSR count). The Morgan fingerprint density at radius 3 is 2.49 bits per heavy atom. The smallest absolute Gasteiger partial charge is 0.277 e. The molecule has 1 fully saturated rings. The van der Waals surface area contributed by atoms with E-state index < -0.39 is 5.54 Å². The van der Waals surface area contributed by atoms with Crippen LogP contribution in [0.15, 0.2) is 54.6 Å². The molecule has 0 saturated heterocycles. The van der Waals surface area contributed by atoms with Crippen LogP contribution in [0.5, 0.6) is 0 Å². The van der Waals surface area contributed by atoms with E-state index >= 15 is 0 Å². The van der Waals surface area contributed by atoms with E-state index in [0.717, 1.165) is 54.6 Å². The molecule has 1 aliphatic heterocycles. The van der Waals surface area contributed by atoms with Gasteiger partial charge >= 0.3 is 0 Å². The highest BCUT2D eigenvalue weighted by Crippen LogP contribution is 2.36. The number of hydrogen-bond acceptors (Lipinski definition) is 3. The maximum absolute atomic E-state index is 14.0. The number of para-hydroxylation sites is 1. The van der Waals surface area contributed by atoms with Crippen molar-refractivity contribution in [2.45, 2.75) is 77.4 Å². The fourth-order valence-corrected chi connectivity index (χ4v) is 5.41. The fraction of sp³-hybridized carbons (Fsp3) is 0.414. The van der Waals surface area contributed by atoms with Crippen LogP contribution in [0.2, 0.25) is 0 Å². The highest BCUT2D eigenvalue weighted by atomic mass is 16.2. The third kappa shape index (κ3) is 4.26. The van der Waals surface area contributed by atoms with Gasteiger partial charge < -0.3 is 5.32 Å². The molecule has 6 heteroatoms. The van der Waals surface area contributed by atoms with Crippen molar-refractivity contribution < 1.29 is 9.59 Å². The molecule has 2 aromatic carbocycles. The van der Waals surface area contributed by atoms with E-state index in [1.165, 1.54) is 12.0 Å². The monoisotopic (exact) mass is 470 g/mol. The van der Waals surface area contributed by atoms with Gasteiger partial charge in [0.1, 0.15) is 11.2 Å². The highest BCUT2D eigenvalue weighted by molar-refractivity contribution is 6.12. The number of benzene rings is 2. The molecule has 1 saturated carbocycles. The third-order valence-corrected chi connectivity index (χ3v) is 7.60. The number of fused-ring (bicyclic) bond motifs is 1. The van der Waals surface area contributed by atoms with Crippen LogP contribution in [0.3, 0.4) is 0 Å². The molecule has 0 radical (unpaired) electrons. The van der Waals surface area contributed by atoms with E-state index in [1.54, 1.807) is 9.58 Å². The zero-order valence-corrected chi connectivity index (χ0v) is 20.9. The van der Waals surface area contributed by atoms with E-state index in [0.29, 0.717) is 12.2 Å². The zero-order chi connectivity index (χ0) is 24.6. The van der Waals surface area contributed by atoms with Crippen LogP contribution in [0.25, 0.3) is 11.3 Å². The van der Waals surface area contributed by atoms with Crippen molar-refractivity contribution in [1.29, 1.82) is 0 Å². The van der Waals surface area contributed by atoms with Crippen LogP contribution >= 0.6 is 0 Å². The maximum atomic E-state index is 14.0. The standard InChI is InChI=1S/C29H34N4O2/c1-4-21-14-16-22(17-15-21)24-18-26-27(34)33(25-13-9-8-10-20(25)2)29(3,19-32(26)31-24)28(35)30-23-11-6-5-7-12-23/h8-10,13-18,23H,4-7,11-12,19H2,1-3H3,(H,30,35)/t29-/m1/s1. The van der Waals surface area contributed by atoms with E-state index in [-0.39, 0.29) is 17.9 Å². The Kier molecular flexibility index (Phi) is 6.22. The van der Waals surface area contributed by atoms with Crippen LogP contribution in [-0.4, -0.2) is 33.2 Å². The van der Waals surface area contributed by atoms with E-state index in [4.69, 9.17) is 5.10 Å². The third-order valence-electron chi connectivity index (χ3n) is 7.60. The van der Waals surface area contributed by atoms with Gasteiger partial charge in [-0.15, -0.1) is 0 Å². The molecule has 1 aromatic heterocycles. The lowest BCUT2D eigenvalue weighted by atomic mass is 9.90. The summed E-state index contributed by atoms with van der Waals surface area (Å²) in [6, 6.07) is 18.1. The molecule has 2 heterocycles. The van der Waals surface area contributed by atoms with Crippen molar-refractivity contribution in [2.24, 2.45) is 0 Å². The summed E-state index contributed by atoms with van der Waals surface area (Å²) in [6.07, 6.45) is 6.43. The van der Waals surface area contributed by atoms with E-state index in [1.807, 2.05) is 56.3 Å².